The van der Waals surface area contributed by atoms with Crippen LogP contribution in [-0.2, 0) is 42.4 Å². The number of ether oxygens (including phenoxy) is 1. The summed E-state index contributed by atoms with van der Waals surface area (Å²) in [7, 11) is 1.82. The molecule has 0 aliphatic carbocycles. The number of rotatable bonds is 2. The molecule has 0 N–H and O–H groups in total. The predicted molar refractivity (Wildman–Crippen MR) is 132 cm³/mol. The van der Waals surface area contributed by atoms with Crippen LogP contribution < -0.4 is 4.74 Å². The van der Waals surface area contributed by atoms with Crippen LogP contribution in [0.4, 0.5) is 0 Å². The van der Waals surface area contributed by atoms with E-state index >= 15 is 0 Å². The topological polar surface area (TPSA) is 9.23 Å². The molecule has 0 aliphatic heterocycles. The number of aryl methyl sites for hydroxylation is 1. The average Bonchev–Trinajstić information content (AvgIpc) is 2.97. The molecule has 0 saturated carbocycles. The smallest absolute Gasteiger partial charge is 0.111 e. The Hall–Kier alpha value is -1.27. The number of methoxy groups -OCH3 is 1. The number of hydrogen-bond acceptors (Lipinski definition) is 1. The molecule has 3 rings (SSSR count). The van der Waals surface area contributed by atoms with Crippen LogP contribution >= 0.6 is 0 Å². The van der Waals surface area contributed by atoms with E-state index in [0.29, 0.717) is 0 Å². The monoisotopic (exact) mass is 493 g/mol. The zero-order valence-corrected chi connectivity index (χ0v) is 23.8. The molecule has 0 aromatic heterocycles. The molecule has 0 spiro atoms. The summed E-state index contributed by atoms with van der Waals surface area (Å²) < 4.78 is 6.14. The summed E-state index contributed by atoms with van der Waals surface area (Å²) in [6, 6.07) is 14.0. The second-order valence-electron chi connectivity index (χ2n) is 11.9. The summed E-state index contributed by atoms with van der Waals surface area (Å²) in [4.78, 5) is 0. The minimum Gasteiger partial charge on any atom is -0.498 e. The zero-order chi connectivity index (χ0) is 22.6. The maximum atomic E-state index is 6.14. The van der Waals surface area contributed by atoms with Gasteiger partial charge in [0.2, 0.25) is 0 Å². The minimum atomic E-state index is -0.00724. The van der Waals surface area contributed by atoms with Gasteiger partial charge in [0.1, 0.15) is 5.75 Å². The summed E-state index contributed by atoms with van der Waals surface area (Å²) >= 11 is 0. The van der Waals surface area contributed by atoms with E-state index in [-0.39, 0.29) is 42.4 Å². The third-order valence-corrected chi connectivity index (χ3v) is 6.08. The van der Waals surface area contributed by atoms with Crippen molar-refractivity contribution < 1.29 is 30.9 Å². The Morgan fingerprint density at radius 1 is 0.742 bits per heavy atom. The zero-order valence-electron chi connectivity index (χ0n) is 21.4. The standard InChI is InChI=1S/C29H39O.Zr/c1-18-14-19-16-24(29(8,9)10)26(30-11)25(22(19)15-18)21-13-12-20(27(2,3)4)17-23(21)28(5,6)7;/h12-17H,1-11H3;/q-1;. The molecule has 2 heteroatoms. The van der Waals surface area contributed by atoms with Crippen LogP contribution in [0.5, 0.6) is 5.75 Å². The Labute approximate surface area is 209 Å². The fourth-order valence-corrected chi connectivity index (χ4v) is 4.38. The largest absolute Gasteiger partial charge is 0.498 e. The quantitative estimate of drug-likeness (QED) is 0.325. The van der Waals surface area contributed by atoms with Gasteiger partial charge in [-0.15, -0.1) is 28.5 Å². The normalized spacial score (nSPS) is 12.7. The fraction of sp³-hybridized carbons (Fsp3) is 0.483. The first-order valence-electron chi connectivity index (χ1n) is 11.1. The fourth-order valence-electron chi connectivity index (χ4n) is 4.38. The minimum absolute atomic E-state index is 0. The van der Waals surface area contributed by atoms with Crippen molar-refractivity contribution >= 4 is 10.8 Å². The molecule has 0 unspecified atom stereocenters. The van der Waals surface area contributed by atoms with Crippen LogP contribution in [0.3, 0.4) is 0 Å². The van der Waals surface area contributed by atoms with E-state index in [4.69, 9.17) is 4.74 Å². The van der Waals surface area contributed by atoms with Gasteiger partial charge in [0.05, 0.1) is 7.11 Å². The molecule has 0 bridgehead atoms. The van der Waals surface area contributed by atoms with Crippen molar-refractivity contribution in [3.05, 3.63) is 58.7 Å². The molecule has 1 nitrogen and oxygen atoms in total. The Morgan fingerprint density at radius 3 is 1.81 bits per heavy atom. The van der Waals surface area contributed by atoms with Gasteiger partial charge >= 0.3 is 0 Å². The van der Waals surface area contributed by atoms with Gasteiger partial charge in [-0.3, -0.25) is 0 Å². The SMILES string of the molecule is COc1c(C(C)(C)C)cc2[cH-]c(C)cc2c1-c1ccc(C(C)(C)C)cc1C(C)(C)C.[Zr]. The first kappa shape index (κ1) is 26.0. The van der Waals surface area contributed by atoms with Crippen molar-refractivity contribution in [3.8, 4) is 16.9 Å². The van der Waals surface area contributed by atoms with Crippen LogP contribution in [0.25, 0.3) is 21.9 Å². The molecule has 0 radical (unpaired) electrons. The molecule has 166 valence electrons. The Morgan fingerprint density at radius 2 is 1.32 bits per heavy atom. The van der Waals surface area contributed by atoms with E-state index in [9.17, 15) is 0 Å². The van der Waals surface area contributed by atoms with Crippen molar-refractivity contribution in [1.29, 1.82) is 0 Å². The van der Waals surface area contributed by atoms with Crippen LogP contribution in [0.2, 0.25) is 0 Å². The molecular weight excluding hydrogens is 456 g/mol. The predicted octanol–water partition coefficient (Wildman–Crippen LogP) is 8.43. The molecule has 0 amide bonds. The van der Waals surface area contributed by atoms with E-state index in [1.165, 1.54) is 44.2 Å². The summed E-state index contributed by atoms with van der Waals surface area (Å²) in [5, 5.41) is 2.58. The van der Waals surface area contributed by atoms with Crippen molar-refractivity contribution in [1.82, 2.24) is 0 Å². The van der Waals surface area contributed by atoms with E-state index < -0.39 is 0 Å². The third kappa shape index (κ3) is 5.06. The summed E-state index contributed by atoms with van der Waals surface area (Å²) in [5.74, 6) is 1.01. The van der Waals surface area contributed by atoms with Gasteiger partial charge in [-0.25, -0.2) is 0 Å². The van der Waals surface area contributed by atoms with Gasteiger partial charge in [0, 0.05) is 26.2 Å². The summed E-state index contributed by atoms with van der Waals surface area (Å²) in [5.41, 5.74) is 7.95. The first-order chi connectivity index (χ1) is 13.6. The van der Waals surface area contributed by atoms with Crippen LogP contribution in [0.15, 0.2) is 36.4 Å². The molecule has 31 heavy (non-hydrogen) atoms. The molecule has 0 heterocycles. The Kier molecular flexibility index (Phi) is 7.20. The van der Waals surface area contributed by atoms with Crippen LogP contribution in [0.1, 0.15) is 84.6 Å². The van der Waals surface area contributed by atoms with Crippen molar-refractivity contribution in [3.63, 3.8) is 0 Å². The van der Waals surface area contributed by atoms with Crippen molar-refractivity contribution in [2.45, 2.75) is 85.5 Å². The van der Waals surface area contributed by atoms with Gasteiger partial charge in [-0.2, -0.15) is 6.07 Å². The van der Waals surface area contributed by atoms with E-state index in [1.807, 2.05) is 7.11 Å². The molecule has 0 fully saturated rings. The van der Waals surface area contributed by atoms with Crippen LogP contribution in [0, 0.1) is 6.92 Å². The summed E-state index contributed by atoms with van der Waals surface area (Å²) in [6.45, 7) is 22.8. The van der Waals surface area contributed by atoms with E-state index in [0.717, 1.165) is 5.75 Å². The average molecular weight is 495 g/mol. The maximum Gasteiger partial charge on any atom is 0.111 e. The Bertz CT molecular complexity index is 1080. The number of benzene rings is 2. The van der Waals surface area contributed by atoms with Gasteiger partial charge in [0.15, 0.2) is 0 Å². The second kappa shape index (κ2) is 8.59. The molecule has 0 atom stereocenters. The molecule has 3 aromatic rings. The number of fused-ring (bicyclic) bond motifs is 1. The molecule has 0 saturated heterocycles. The van der Waals surface area contributed by atoms with Crippen molar-refractivity contribution in [2.75, 3.05) is 7.11 Å². The van der Waals surface area contributed by atoms with Gasteiger partial charge in [-0.05, 0) is 44.1 Å². The second-order valence-corrected chi connectivity index (χ2v) is 11.9. The van der Waals surface area contributed by atoms with Gasteiger partial charge in [0.25, 0.3) is 0 Å². The van der Waals surface area contributed by atoms with Crippen molar-refractivity contribution in [2.24, 2.45) is 0 Å². The van der Waals surface area contributed by atoms with E-state index in [1.54, 1.807) is 0 Å². The maximum absolute atomic E-state index is 6.14. The van der Waals surface area contributed by atoms with Gasteiger partial charge in [-0.1, -0.05) is 87.4 Å². The number of hydrogen-bond donors (Lipinski definition) is 0. The van der Waals surface area contributed by atoms with Gasteiger partial charge < -0.3 is 4.74 Å². The molecule has 3 aromatic carbocycles. The molecule has 0 aliphatic rings. The first-order valence-corrected chi connectivity index (χ1v) is 11.1. The summed E-state index contributed by atoms with van der Waals surface area (Å²) in [6.07, 6.45) is 0. The van der Waals surface area contributed by atoms with Crippen LogP contribution in [-0.4, -0.2) is 7.11 Å². The molecular formula is C29H39OZr-. The third-order valence-electron chi connectivity index (χ3n) is 6.08. The van der Waals surface area contributed by atoms with E-state index in [2.05, 4.69) is 106 Å². The Balaban J connectivity index is 0.00000341.